The van der Waals surface area contributed by atoms with Crippen LogP contribution in [0.4, 0.5) is 0 Å². The number of carbonyl (C=O) groups is 1. The van der Waals surface area contributed by atoms with Crippen molar-refractivity contribution in [1.29, 1.82) is 5.26 Å². The summed E-state index contributed by atoms with van der Waals surface area (Å²) < 4.78 is 0. The fraction of sp³-hybridized carbons (Fsp3) is 0.167. The number of H-pyrrole nitrogens is 1. The Balaban J connectivity index is 2.78. The number of ketones is 1. The zero-order chi connectivity index (χ0) is 10.8. The summed E-state index contributed by atoms with van der Waals surface area (Å²) in [6.07, 6.45) is 2.13. The van der Waals surface area contributed by atoms with Crippen molar-refractivity contribution in [3.05, 3.63) is 35.5 Å². The van der Waals surface area contributed by atoms with Gasteiger partial charge in [-0.25, -0.2) is 0 Å². The summed E-state index contributed by atoms with van der Waals surface area (Å²) in [5, 5.41) is 9.70. The third kappa shape index (κ3) is 1.40. The van der Waals surface area contributed by atoms with Crippen LogP contribution in [-0.4, -0.2) is 10.8 Å². The summed E-state index contributed by atoms with van der Waals surface area (Å²) in [7, 11) is 0. The van der Waals surface area contributed by atoms with Crippen LogP contribution in [0.3, 0.4) is 0 Å². The molecule has 1 aromatic carbocycles. The smallest absolute Gasteiger partial charge is 0.164 e. The molecule has 0 radical (unpaired) electrons. The van der Waals surface area contributed by atoms with Crippen molar-refractivity contribution in [2.24, 2.45) is 0 Å². The molecule has 0 aliphatic rings. The van der Waals surface area contributed by atoms with Crippen LogP contribution in [0.25, 0.3) is 10.9 Å². The summed E-state index contributed by atoms with van der Waals surface area (Å²) in [5.41, 5.74) is 2.00. The second-order valence-corrected chi connectivity index (χ2v) is 3.32. The molecule has 74 valence electrons. The number of nitriles is 1. The van der Waals surface area contributed by atoms with Crippen LogP contribution in [-0.2, 0) is 0 Å². The Bertz CT molecular complexity index is 560. The number of fused-ring (bicyclic) bond motifs is 1. The van der Waals surface area contributed by atoms with Crippen molar-refractivity contribution < 1.29 is 4.79 Å². The second-order valence-electron chi connectivity index (χ2n) is 3.32. The maximum absolute atomic E-state index is 11.6. The minimum Gasteiger partial charge on any atom is -0.360 e. The number of benzene rings is 1. The number of aromatic nitrogens is 1. The highest BCUT2D eigenvalue weighted by Crippen LogP contribution is 2.23. The van der Waals surface area contributed by atoms with E-state index in [1.807, 2.05) is 13.0 Å². The minimum absolute atomic E-state index is 0.0592. The molecule has 1 aromatic heterocycles. The lowest BCUT2D eigenvalue weighted by atomic mass is 10.0. The molecule has 3 heteroatoms. The Morgan fingerprint density at radius 1 is 1.53 bits per heavy atom. The summed E-state index contributed by atoms with van der Waals surface area (Å²) >= 11 is 0. The number of aromatic amines is 1. The van der Waals surface area contributed by atoms with Gasteiger partial charge in [0.05, 0.1) is 11.6 Å². The van der Waals surface area contributed by atoms with Gasteiger partial charge in [-0.05, 0) is 12.1 Å². The first kappa shape index (κ1) is 9.47. The number of carbonyl (C=O) groups excluding carboxylic acids is 1. The number of nitrogens with one attached hydrogen (secondary N) is 1. The quantitative estimate of drug-likeness (QED) is 0.754. The van der Waals surface area contributed by atoms with E-state index in [1.165, 1.54) is 0 Å². The molecule has 0 saturated carbocycles. The topological polar surface area (TPSA) is 56.6 Å². The lowest BCUT2D eigenvalue weighted by Gasteiger charge is -1.97. The number of nitrogens with zero attached hydrogens (tertiary/aromatic N) is 1. The van der Waals surface area contributed by atoms with E-state index in [2.05, 4.69) is 11.1 Å². The molecular formula is C12H10N2O. The summed E-state index contributed by atoms with van der Waals surface area (Å²) in [5.74, 6) is 0.0592. The maximum atomic E-state index is 11.6. The van der Waals surface area contributed by atoms with Gasteiger partial charge >= 0.3 is 0 Å². The highest BCUT2D eigenvalue weighted by molar-refractivity contribution is 6.09. The van der Waals surface area contributed by atoms with Crippen LogP contribution >= 0.6 is 0 Å². The fourth-order valence-electron chi connectivity index (χ4n) is 1.69. The Kier molecular flexibility index (Phi) is 2.26. The fourth-order valence-corrected chi connectivity index (χ4v) is 1.69. The van der Waals surface area contributed by atoms with Crippen LogP contribution in [0.5, 0.6) is 0 Å². The Labute approximate surface area is 87.3 Å². The monoisotopic (exact) mass is 198 g/mol. The molecule has 2 rings (SSSR count). The van der Waals surface area contributed by atoms with Crippen molar-refractivity contribution in [3.63, 3.8) is 0 Å². The molecule has 0 unspecified atom stereocenters. The third-order valence-electron chi connectivity index (χ3n) is 2.45. The van der Waals surface area contributed by atoms with Crippen LogP contribution in [0, 0.1) is 11.3 Å². The molecule has 0 fully saturated rings. The Hall–Kier alpha value is -2.08. The molecular weight excluding hydrogens is 188 g/mol. The Morgan fingerprint density at radius 2 is 2.33 bits per heavy atom. The average Bonchev–Trinajstić information content (AvgIpc) is 2.71. The first-order valence-corrected chi connectivity index (χ1v) is 4.81. The average molecular weight is 198 g/mol. The first-order valence-electron chi connectivity index (χ1n) is 4.81. The second kappa shape index (κ2) is 3.58. The molecule has 1 heterocycles. The van der Waals surface area contributed by atoms with Gasteiger partial charge in [-0.15, -0.1) is 0 Å². The molecule has 1 N–H and O–H groups in total. The van der Waals surface area contributed by atoms with Gasteiger partial charge in [0.25, 0.3) is 0 Å². The van der Waals surface area contributed by atoms with Gasteiger partial charge in [0.15, 0.2) is 5.78 Å². The molecule has 0 aliphatic heterocycles. The van der Waals surface area contributed by atoms with Crippen LogP contribution in [0.1, 0.15) is 29.3 Å². The van der Waals surface area contributed by atoms with Crippen molar-refractivity contribution in [1.82, 2.24) is 4.98 Å². The van der Waals surface area contributed by atoms with Crippen LogP contribution in [0.2, 0.25) is 0 Å². The van der Waals surface area contributed by atoms with Crippen molar-refractivity contribution in [2.45, 2.75) is 13.3 Å². The third-order valence-corrected chi connectivity index (χ3v) is 2.45. The van der Waals surface area contributed by atoms with Crippen molar-refractivity contribution in [3.8, 4) is 6.07 Å². The molecule has 0 saturated heterocycles. The Morgan fingerprint density at radius 3 is 3.00 bits per heavy atom. The van der Waals surface area contributed by atoms with E-state index in [1.54, 1.807) is 18.3 Å². The predicted molar refractivity (Wildman–Crippen MR) is 57.6 cm³/mol. The highest BCUT2D eigenvalue weighted by Gasteiger charge is 2.12. The van der Waals surface area contributed by atoms with E-state index >= 15 is 0 Å². The SMILES string of the molecule is CCC(=O)c1c[nH]c2cccc(C#N)c12. The molecule has 2 aromatic rings. The normalized spacial score (nSPS) is 10.1. The summed E-state index contributed by atoms with van der Waals surface area (Å²) in [6, 6.07) is 7.49. The number of hydrogen-bond acceptors (Lipinski definition) is 2. The van der Waals surface area contributed by atoms with Crippen molar-refractivity contribution in [2.75, 3.05) is 0 Å². The van der Waals surface area contributed by atoms with E-state index in [4.69, 9.17) is 5.26 Å². The maximum Gasteiger partial charge on any atom is 0.164 e. The van der Waals surface area contributed by atoms with E-state index in [0.717, 1.165) is 10.9 Å². The van der Waals surface area contributed by atoms with Crippen molar-refractivity contribution >= 4 is 16.7 Å². The predicted octanol–water partition coefficient (Wildman–Crippen LogP) is 2.63. The van der Waals surface area contributed by atoms with Crippen LogP contribution in [0.15, 0.2) is 24.4 Å². The first-order chi connectivity index (χ1) is 7.27. The molecule has 0 bridgehead atoms. The van der Waals surface area contributed by atoms with E-state index in [0.29, 0.717) is 17.5 Å². The van der Waals surface area contributed by atoms with Gasteiger partial charge in [0.2, 0.25) is 0 Å². The minimum atomic E-state index is 0.0592. The van der Waals surface area contributed by atoms with E-state index in [-0.39, 0.29) is 5.78 Å². The molecule has 0 spiro atoms. The summed E-state index contributed by atoms with van der Waals surface area (Å²) in [6.45, 7) is 1.82. The number of Topliss-reactive ketones (excluding diaryl/α,β-unsaturated/α-hetero) is 1. The van der Waals surface area contributed by atoms with Crippen LogP contribution < -0.4 is 0 Å². The number of rotatable bonds is 2. The standard InChI is InChI=1S/C12H10N2O/c1-2-11(15)9-7-14-10-5-3-4-8(6-13)12(9)10/h3-5,7,14H,2H2,1H3. The van der Waals surface area contributed by atoms with E-state index in [9.17, 15) is 4.79 Å². The highest BCUT2D eigenvalue weighted by atomic mass is 16.1. The van der Waals surface area contributed by atoms with Gasteiger partial charge in [-0.1, -0.05) is 13.0 Å². The zero-order valence-corrected chi connectivity index (χ0v) is 8.37. The largest absolute Gasteiger partial charge is 0.360 e. The zero-order valence-electron chi connectivity index (χ0n) is 8.37. The van der Waals surface area contributed by atoms with Gasteiger partial charge in [0, 0.05) is 29.1 Å². The molecule has 0 atom stereocenters. The van der Waals surface area contributed by atoms with Gasteiger partial charge in [0.1, 0.15) is 0 Å². The lowest BCUT2D eigenvalue weighted by Crippen LogP contribution is -1.95. The van der Waals surface area contributed by atoms with Gasteiger partial charge in [-0.3, -0.25) is 4.79 Å². The number of hydrogen-bond donors (Lipinski definition) is 1. The van der Waals surface area contributed by atoms with E-state index < -0.39 is 0 Å². The van der Waals surface area contributed by atoms with Gasteiger partial charge < -0.3 is 4.98 Å². The molecule has 0 amide bonds. The van der Waals surface area contributed by atoms with Gasteiger partial charge in [-0.2, -0.15) is 5.26 Å². The molecule has 3 nitrogen and oxygen atoms in total. The molecule has 0 aliphatic carbocycles. The summed E-state index contributed by atoms with van der Waals surface area (Å²) in [4.78, 5) is 14.6. The lowest BCUT2D eigenvalue weighted by molar-refractivity contribution is 0.0990. The molecule has 15 heavy (non-hydrogen) atoms.